The summed E-state index contributed by atoms with van der Waals surface area (Å²) >= 11 is 0. The lowest BCUT2D eigenvalue weighted by Crippen LogP contribution is -2.43. The summed E-state index contributed by atoms with van der Waals surface area (Å²) in [5, 5.41) is 13.9. The highest BCUT2D eigenvalue weighted by Gasteiger charge is 2.47. The molecular weight excluding hydrogens is 362 g/mol. The van der Waals surface area contributed by atoms with Gasteiger partial charge in [0.15, 0.2) is 5.82 Å². The van der Waals surface area contributed by atoms with Gasteiger partial charge in [-0.25, -0.2) is 13.1 Å². The quantitative estimate of drug-likeness (QED) is 0.535. The Morgan fingerprint density at radius 3 is 2.78 bits per heavy atom. The summed E-state index contributed by atoms with van der Waals surface area (Å²) < 4.78 is 28.5. The maximum absolute atomic E-state index is 12.8. The molecular formula is C19H25N5O2S. The topological polar surface area (TPSA) is 101 Å². The normalized spacial score (nSPS) is 27.6. The van der Waals surface area contributed by atoms with Crippen LogP contribution in [0.15, 0.2) is 47.4 Å². The first-order valence-corrected chi connectivity index (χ1v) is 11.1. The zero-order valence-corrected chi connectivity index (χ0v) is 16.0. The first kappa shape index (κ1) is 18.3. The number of tetrazole rings is 1. The summed E-state index contributed by atoms with van der Waals surface area (Å²) in [6.07, 6.45) is 10.5. The number of sulfonamides is 1. The second kappa shape index (κ2) is 7.90. The number of unbranched alkanes of at least 4 members (excludes halogenated alkanes) is 1. The third kappa shape index (κ3) is 4.11. The number of nitrogens with zero attached hydrogens (tertiary/aromatic N) is 3. The Morgan fingerprint density at radius 1 is 1.19 bits per heavy atom. The number of hydrogen-bond acceptors (Lipinski definition) is 5. The molecule has 27 heavy (non-hydrogen) atoms. The van der Waals surface area contributed by atoms with E-state index in [0.717, 1.165) is 37.9 Å². The van der Waals surface area contributed by atoms with E-state index >= 15 is 0 Å². The van der Waals surface area contributed by atoms with E-state index in [2.05, 4.69) is 37.5 Å². The lowest BCUT2D eigenvalue weighted by molar-refractivity contribution is 0.320. The number of nitrogens with one attached hydrogen (secondary N) is 2. The van der Waals surface area contributed by atoms with Gasteiger partial charge in [0.05, 0.1) is 4.90 Å². The molecule has 7 nitrogen and oxygen atoms in total. The molecule has 1 aromatic heterocycles. The highest BCUT2D eigenvalue weighted by Crippen LogP contribution is 2.49. The number of H-pyrrole nitrogens is 1. The summed E-state index contributed by atoms with van der Waals surface area (Å²) in [4.78, 5) is 0.343. The van der Waals surface area contributed by atoms with E-state index < -0.39 is 10.0 Å². The SMILES string of the molecule is O=S(=O)(N[C@H]1[C@@H]2CC[C@@H](C2)[C@@H]1/C=C\CCCc1nn[nH]n1)c1ccccc1. The summed E-state index contributed by atoms with van der Waals surface area (Å²) in [5.74, 6) is 2.05. The van der Waals surface area contributed by atoms with Crippen LogP contribution in [0.25, 0.3) is 0 Å². The second-order valence-corrected chi connectivity index (χ2v) is 9.23. The van der Waals surface area contributed by atoms with Crippen LogP contribution in [0.2, 0.25) is 0 Å². The number of benzene rings is 1. The standard InChI is InChI=1S/C19H25N5O2S/c25-27(26,16-7-3-1-4-8-16)22-19-15-12-11-14(13-15)17(19)9-5-2-6-10-18-20-23-24-21-18/h1,3-5,7-9,14-15,17,19,22H,2,6,10-13H2,(H,20,21,23,24)/b9-5-/t14-,15+,17-,19-/m0/s1. The average Bonchev–Trinajstić information content (AvgIpc) is 3.41. The van der Waals surface area contributed by atoms with E-state index in [1.165, 1.54) is 6.42 Å². The minimum Gasteiger partial charge on any atom is -0.207 e. The van der Waals surface area contributed by atoms with Crippen LogP contribution in [0.1, 0.15) is 37.9 Å². The van der Waals surface area contributed by atoms with Crippen LogP contribution in [0.5, 0.6) is 0 Å². The number of allylic oxidation sites excluding steroid dienone is 1. The molecule has 0 saturated heterocycles. The van der Waals surface area contributed by atoms with Crippen molar-refractivity contribution >= 4 is 10.0 Å². The molecule has 2 aliphatic rings. The minimum atomic E-state index is -3.47. The molecule has 0 unspecified atom stereocenters. The van der Waals surface area contributed by atoms with Crippen molar-refractivity contribution in [2.75, 3.05) is 0 Å². The van der Waals surface area contributed by atoms with E-state index in [4.69, 9.17) is 0 Å². The second-order valence-electron chi connectivity index (χ2n) is 7.52. The number of fused-ring (bicyclic) bond motifs is 2. The van der Waals surface area contributed by atoms with Crippen LogP contribution in [-0.4, -0.2) is 35.1 Å². The molecule has 1 aromatic carbocycles. The number of hydrogen-bond donors (Lipinski definition) is 2. The smallest absolute Gasteiger partial charge is 0.207 e. The fraction of sp³-hybridized carbons (Fsp3) is 0.526. The summed E-state index contributed by atoms with van der Waals surface area (Å²) in [6, 6.07) is 8.66. The van der Waals surface area contributed by atoms with Gasteiger partial charge in [-0.3, -0.25) is 0 Å². The van der Waals surface area contributed by atoms with Crippen molar-refractivity contribution in [1.29, 1.82) is 0 Å². The minimum absolute atomic E-state index is 0.00223. The van der Waals surface area contributed by atoms with Gasteiger partial charge < -0.3 is 0 Å². The monoisotopic (exact) mass is 387 g/mol. The van der Waals surface area contributed by atoms with Crippen molar-refractivity contribution < 1.29 is 8.42 Å². The number of aryl methyl sites for hydroxylation is 1. The van der Waals surface area contributed by atoms with Gasteiger partial charge >= 0.3 is 0 Å². The number of aromatic nitrogens is 4. The van der Waals surface area contributed by atoms with Gasteiger partial charge in [-0.15, -0.1) is 10.2 Å². The van der Waals surface area contributed by atoms with Gasteiger partial charge in [0.2, 0.25) is 10.0 Å². The fourth-order valence-electron chi connectivity index (χ4n) is 4.55. The third-order valence-corrected chi connectivity index (χ3v) is 7.32. The van der Waals surface area contributed by atoms with Crippen molar-refractivity contribution in [2.24, 2.45) is 17.8 Å². The van der Waals surface area contributed by atoms with Crippen LogP contribution < -0.4 is 4.72 Å². The van der Waals surface area contributed by atoms with E-state index in [-0.39, 0.29) is 12.0 Å². The number of rotatable bonds is 8. The Bertz CT molecular complexity index is 867. The van der Waals surface area contributed by atoms with Crippen LogP contribution >= 0.6 is 0 Å². The molecule has 144 valence electrons. The Labute approximate surface area is 159 Å². The van der Waals surface area contributed by atoms with Crippen molar-refractivity contribution in [1.82, 2.24) is 25.3 Å². The summed E-state index contributed by atoms with van der Waals surface area (Å²) in [7, 11) is -3.47. The first-order chi connectivity index (χ1) is 13.1. The molecule has 4 atom stereocenters. The van der Waals surface area contributed by atoms with Crippen molar-refractivity contribution in [2.45, 2.75) is 49.5 Å². The summed E-state index contributed by atoms with van der Waals surface area (Å²) in [6.45, 7) is 0. The Balaban J connectivity index is 1.38. The van der Waals surface area contributed by atoms with Crippen LogP contribution in [0, 0.1) is 17.8 Å². The largest absolute Gasteiger partial charge is 0.240 e. The highest BCUT2D eigenvalue weighted by atomic mass is 32.2. The highest BCUT2D eigenvalue weighted by molar-refractivity contribution is 7.89. The van der Waals surface area contributed by atoms with E-state index in [1.54, 1.807) is 24.3 Å². The van der Waals surface area contributed by atoms with Crippen LogP contribution in [-0.2, 0) is 16.4 Å². The molecule has 0 amide bonds. The maximum atomic E-state index is 12.8. The lowest BCUT2D eigenvalue weighted by atomic mass is 9.84. The molecule has 2 aromatic rings. The van der Waals surface area contributed by atoms with Crippen molar-refractivity contribution in [3.05, 3.63) is 48.3 Å². The molecule has 2 bridgehead atoms. The van der Waals surface area contributed by atoms with Gasteiger partial charge in [-0.1, -0.05) is 35.6 Å². The van der Waals surface area contributed by atoms with E-state index in [0.29, 0.717) is 16.7 Å². The Kier molecular flexibility index (Phi) is 5.36. The van der Waals surface area contributed by atoms with Crippen molar-refractivity contribution in [3.8, 4) is 0 Å². The number of aromatic amines is 1. The zero-order valence-electron chi connectivity index (χ0n) is 15.2. The Morgan fingerprint density at radius 2 is 2.00 bits per heavy atom. The van der Waals surface area contributed by atoms with Crippen LogP contribution in [0.3, 0.4) is 0 Å². The van der Waals surface area contributed by atoms with Gasteiger partial charge in [-0.2, -0.15) is 5.21 Å². The summed E-state index contributed by atoms with van der Waals surface area (Å²) in [5.41, 5.74) is 0. The predicted molar refractivity (Wildman–Crippen MR) is 101 cm³/mol. The molecule has 4 rings (SSSR count). The molecule has 2 fully saturated rings. The van der Waals surface area contributed by atoms with E-state index in [1.807, 2.05) is 6.07 Å². The lowest BCUT2D eigenvalue weighted by Gasteiger charge is -2.29. The van der Waals surface area contributed by atoms with Crippen LogP contribution in [0.4, 0.5) is 0 Å². The predicted octanol–water partition coefficient (Wildman–Crippen LogP) is 2.47. The average molecular weight is 388 g/mol. The third-order valence-electron chi connectivity index (χ3n) is 5.84. The van der Waals surface area contributed by atoms with Gasteiger partial charge in [0.1, 0.15) is 0 Å². The molecule has 2 saturated carbocycles. The zero-order chi connectivity index (χ0) is 18.7. The molecule has 2 N–H and O–H groups in total. The van der Waals surface area contributed by atoms with Gasteiger partial charge in [0.25, 0.3) is 0 Å². The Hall–Kier alpha value is -2.06. The maximum Gasteiger partial charge on any atom is 0.240 e. The molecule has 0 aliphatic heterocycles. The van der Waals surface area contributed by atoms with Gasteiger partial charge in [0, 0.05) is 12.5 Å². The molecule has 1 heterocycles. The molecule has 8 heteroatoms. The molecule has 0 radical (unpaired) electrons. The molecule has 0 spiro atoms. The first-order valence-electron chi connectivity index (χ1n) is 9.60. The molecule has 2 aliphatic carbocycles. The fourth-order valence-corrected chi connectivity index (χ4v) is 5.91. The van der Waals surface area contributed by atoms with E-state index in [9.17, 15) is 8.42 Å². The van der Waals surface area contributed by atoms with Gasteiger partial charge in [-0.05, 0) is 62.0 Å². The van der Waals surface area contributed by atoms with Crippen molar-refractivity contribution in [3.63, 3.8) is 0 Å².